The van der Waals surface area contributed by atoms with Gasteiger partial charge >= 0.3 is 11.9 Å². The van der Waals surface area contributed by atoms with Crippen LogP contribution in [0.25, 0.3) is 0 Å². The molecule has 0 spiro atoms. The van der Waals surface area contributed by atoms with Crippen LogP contribution in [0.5, 0.6) is 0 Å². The third-order valence-electron chi connectivity index (χ3n) is 8.94. The Morgan fingerprint density at radius 1 is 0.551 bits per heavy atom. The number of halogens is 1. The first-order valence-corrected chi connectivity index (χ1v) is 20.2. The molecule has 0 aliphatic carbocycles. The Morgan fingerprint density at radius 2 is 0.898 bits per heavy atom. The molecule has 7 nitrogen and oxygen atoms in total. The molecule has 0 aliphatic heterocycles. The maximum atomic E-state index is 12.5. The van der Waals surface area contributed by atoms with E-state index in [0.29, 0.717) is 6.42 Å². The van der Waals surface area contributed by atoms with Crippen LogP contribution >= 0.6 is 17.0 Å². The number of allylic oxidation sites excluding steroid dienone is 4. The molecule has 0 aliphatic rings. The first-order chi connectivity index (χ1) is 23.4. The van der Waals surface area contributed by atoms with Gasteiger partial charge in [-0.25, -0.2) is 0 Å². The molecule has 0 amide bonds. The molecule has 8 heteroatoms. The van der Waals surface area contributed by atoms with Gasteiger partial charge in [0, 0.05) is 25.3 Å². The van der Waals surface area contributed by atoms with Gasteiger partial charge in [0.2, 0.25) is 0 Å². The van der Waals surface area contributed by atoms with Crippen LogP contribution in [-0.2, 0) is 19.1 Å². The van der Waals surface area contributed by atoms with Gasteiger partial charge in [-0.1, -0.05) is 141 Å². The third-order valence-corrected chi connectivity index (χ3v) is 8.94. The lowest BCUT2D eigenvalue weighted by Crippen LogP contribution is -2.43. The molecule has 0 saturated heterocycles. The number of carbonyl (C=O) groups excluding carboxylic acids is 2. The van der Waals surface area contributed by atoms with Crippen LogP contribution in [0.4, 0.5) is 0 Å². The SMILES string of the molecule is Br.CCCCCCCC/C=C\CCCCCCCC(=O)OCC(OC(=O)CCCCCCC/C=C\CCCCCCCC)C(N)CC(O)O. The minimum atomic E-state index is -1.63. The average molecular weight is 761 g/mol. The number of aliphatic hydroxyl groups excluding tert-OH is 1. The maximum absolute atomic E-state index is 12.5. The molecule has 0 rings (SSSR count). The Hall–Kier alpha value is -1.22. The van der Waals surface area contributed by atoms with Gasteiger partial charge in [-0.05, 0) is 64.2 Å². The topological polar surface area (TPSA) is 119 Å². The number of rotatable bonds is 36. The molecule has 0 heterocycles. The van der Waals surface area contributed by atoms with Crippen LogP contribution in [0.3, 0.4) is 0 Å². The minimum absolute atomic E-state index is 0. The number of ether oxygens (including phenoxy) is 2. The van der Waals surface area contributed by atoms with Crippen molar-refractivity contribution in [2.24, 2.45) is 5.73 Å². The normalized spacial score (nSPS) is 12.9. The molecule has 0 aromatic carbocycles. The van der Waals surface area contributed by atoms with Crippen molar-refractivity contribution in [3.05, 3.63) is 24.3 Å². The predicted octanol–water partition coefficient (Wildman–Crippen LogP) is 11.1. The van der Waals surface area contributed by atoms with Gasteiger partial charge in [0.1, 0.15) is 6.61 Å². The number of hydrogen-bond acceptors (Lipinski definition) is 7. The molecule has 0 radical (unpaired) electrons. The Bertz CT molecular complexity index is 775. The Morgan fingerprint density at radius 3 is 1.29 bits per heavy atom. The minimum Gasteiger partial charge on any atom is -0.462 e. The van der Waals surface area contributed by atoms with Crippen LogP contribution in [0.1, 0.15) is 200 Å². The van der Waals surface area contributed by atoms with Crippen LogP contribution < -0.4 is 5.73 Å². The van der Waals surface area contributed by atoms with E-state index in [0.717, 1.165) is 64.2 Å². The maximum Gasteiger partial charge on any atom is 0.306 e. The van der Waals surface area contributed by atoms with E-state index in [2.05, 4.69) is 38.2 Å². The lowest BCUT2D eigenvalue weighted by atomic mass is 10.1. The van der Waals surface area contributed by atoms with E-state index < -0.39 is 24.4 Å². The van der Waals surface area contributed by atoms with Crippen LogP contribution in [0.2, 0.25) is 0 Å². The summed E-state index contributed by atoms with van der Waals surface area (Å²) in [5.41, 5.74) is 6.08. The second-order valence-electron chi connectivity index (χ2n) is 13.8. The Labute approximate surface area is 312 Å². The summed E-state index contributed by atoms with van der Waals surface area (Å²) in [5.74, 6) is -0.739. The molecule has 0 fully saturated rings. The van der Waals surface area contributed by atoms with Gasteiger partial charge in [0.15, 0.2) is 12.4 Å². The number of nitrogens with two attached hydrogens (primary N) is 1. The summed E-state index contributed by atoms with van der Waals surface area (Å²) < 4.78 is 10.9. The number of esters is 2. The molecule has 0 saturated carbocycles. The highest BCUT2D eigenvalue weighted by Crippen LogP contribution is 2.14. The number of aliphatic hydroxyl groups is 2. The molecule has 0 aromatic heterocycles. The summed E-state index contributed by atoms with van der Waals surface area (Å²) in [6.07, 6.45) is 38.0. The van der Waals surface area contributed by atoms with Crippen molar-refractivity contribution in [2.45, 2.75) is 218 Å². The zero-order chi connectivity index (χ0) is 35.3. The number of unbranched alkanes of at least 4 members (excludes halogenated alkanes) is 22. The highest BCUT2D eigenvalue weighted by atomic mass is 79.9. The highest BCUT2D eigenvalue weighted by Gasteiger charge is 2.25. The second kappa shape index (κ2) is 39.6. The van der Waals surface area contributed by atoms with Gasteiger partial charge in [-0.2, -0.15) is 0 Å². The lowest BCUT2D eigenvalue weighted by Gasteiger charge is -2.24. The fourth-order valence-electron chi connectivity index (χ4n) is 5.80. The Balaban J connectivity index is 0. The molecular weight excluding hydrogens is 682 g/mol. The van der Waals surface area contributed by atoms with E-state index in [9.17, 15) is 19.8 Å². The molecular formula is C41H78BrNO6. The van der Waals surface area contributed by atoms with E-state index in [1.165, 1.54) is 103 Å². The smallest absolute Gasteiger partial charge is 0.306 e. The quantitative estimate of drug-likeness (QED) is 0.0252. The summed E-state index contributed by atoms with van der Waals surface area (Å²) in [7, 11) is 0. The van der Waals surface area contributed by atoms with Gasteiger partial charge in [0.05, 0.1) is 0 Å². The van der Waals surface area contributed by atoms with E-state index in [1.807, 2.05) is 0 Å². The van der Waals surface area contributed by atoms with Gasteiger partial charge in [-0.15, -0.1) is 17.0 Å². The summed E-state index contributed by atoms with van der Waals surface area (Å²) in [5, 5.41) is 18.7. The van der Waals surface area contributed by atoms with Crippen LogP contribution in [0.15, 0.2) is 24.3 Å². The molecule has 290 valence electrons. The van der Waals surface area contributed by atoms with Crippen LogP contribution in [0, 0.1) is 0 Å². The molecule has 2 atom stereocenters. The number of carbonyl (C=O) groups is 2. The summed E-state index contributed by atoms with van der Waals surface area (Å²) in [6, 6.07) is -0.837. The van der Waals surface area contributed by atoms with Crippen molar-refractivity contribution in [1.82, 2.24) is 0 Å². The number of hydrogen-bond donors (Lipinski definition) is 3. The fourth-order valence-corrected chi connectivity index (χ4v) is 5.80. The molecule has 4 N–H and O–H groups in total. The monoisotopic (exact) mass is 760 g/mol. The van der Waals surface area contributed by atoms with Gasteiger partial charge in [0.25, 0.3) is 0 Å². The van der Waals surface area contributed by atoms with Crippen LogP contribution in [-0.4, -0.2) is 47.2 Å². The van der Waals surface area contributed by atoms with Crippen molar-refractivity contribution in [3.63, 3.8) is 0 Å². The van der Waals surface area contributed by atoms with Crippen molar-refractivity contribution in [3.8, 4) is 0 Å². The van der Waals surface area contributed by atoms with Crippen molar-refractivity contribution in [1.29, 1.82) is 0 Å². The summed E-state index contributed by atoms with van der Waals surface area (Å²) in [4.78, 5) is 24.8. The largest absolute Gasteiger partial charge is 0.462 e. The van der Waals surface area contributed by atoms with E-state index in [4.69, 9.17) is 15.2 Å². The first kappa shape index (κ1) is 49.9. The zero-order valence-corrected chi connectivity index (χ0v) is 33.5. The predicted molar refractivity (Wildman–Crippen MR) is 211 cm³/mol. The van der Waals surface area contributed by atoms with Crippen molar-refractivity contribution >= 4 is 28.9 Å². The van der Waals surface area contributed by atoms with E-state index in [1.54, 1.807) is 0 Å². The van der Waals surface area contributed by atoms with Gasteiger partial charge < -0.3 is 25.4 Å². The molecule has 2 unspecified atom stereocenters. The zero-order valence-electron chi connectivity index (χ0n) is 31.8. The molecule has 49 heavy (non-hydrogen) atoms. The lowest BCUT2D eigenvalue weighted by molar-refractivity contribution is -0.162. The van der Waals surface area contributed by atoms with Crippen molar-refractivity contribution in [2.75, 3.05) is 6.61 Å². The first-order valence-electron chi connectivity index (χ1n) is 20.2. The van der Waals surface area contributed by atoms with E-state index in [-0.39, 0.29) is 42.4 Å². The fraction of sp³-hybridized carbons (Fsp3) is 0.854. The van der Waals surface area contributed by atoms with E-state index >= 15 is 0 Å². The standard InChI is InChI=1S/C41H77NO6.BrH/c1-3-5-7-9-11-13-15-17-19-21-23-25-27-29-31-33-40(45)47-36-38(37(42)35-39(43)44)48-41(46)34-32-30-28-26-24-22-20-18-16-14-12-10-8-6-4-2;/h17-20,37-39,43-44H,3-16,21-36,42H2,1-2H3;1H/b19-17-,20-18-;. The Kier molecular flexibility index (Phi) is 40.3. The summed E-state index contributed by atoms with van der Waals surface area (Å²) in [6.45, 7) is 4.33. The average Bonchev–Trinajstić information content (AvgIpc) is 3.06. The third kappa shape index (κ3) is 37.9. The second-order valence-corrected chi connectivity index (χ2v) is 13.8. The summed E-state index contributed by atoms with van der Waals surface area (Å²) >= 11 is 0. The molecule has 0 aromatic rings. The van der Waals surface area contributed by atoms with Crippen molar-refractivity contribution < 1.29 is 29.3 Å². The molecule has 0 bridgehead atoms. The van der Waals surface area contributed by atoms with Gasteiger partial charge in [-0.3, -0.25) is 9.59 Å². The highest BCUT2D eigenvalue weighted by molar-refractivity contribution is 8.93.